The quantitative estimate of drug-likeness (QED) is 0.305. The number of hydrogen-bond acceptors (Lipinski definition) is 2. The van der Waals surface area contributed by atoms with Gasteiger partial charge in [0.2, 0.25) is 0 Å². The summed E-state index contributed by atoms with van der Waals surface area (Å²) in [7, 11) is 0. The smallest absolute Gasteiger partial charge is 0.127 e. The minimum absolute atomic E-state index is 0.211. The van der Waals surface area contributed by atoms with E-state index in [4.69, 9.17) is 0 Å². The van der Waals surface area contributed by atoms with Crippen LogP contribution in [0.3, 0.4) is 0 Å². The van der Waals surface area contributed by atoms with Crippen LogP contribution in [0.15, 0.2) is 12.2 Å². The van der Waals surface area contributed by atoms with E-state index in [1.54, 1.807) is 0 Å². The normalized spacial score (nSPS) is 12.8. The maximum Gasteiger partial charge on any atom is 0.127 e. The third-order valence-electron chi connectivity index (χ3n) is 2.65. The third-order valence-corrected chi connectivity index (χ3v) is 2.65. The maximum atomic E-state index is 10.5. The molecule has 0 N–H and O–H groups in total. The summed E-state index contributed by atoms with van der Waals surface area (Å²) in [5, 5.41) is 0. The van der Waals surface area contributed by atoms with Gasteiger partial charge in [0.25, 0.3) is 0 Å². The van der Waals surface area contributed by atoms with Gasteiger partial charge in [-0.1, -0.05) is 51.2 Å². The summed E-state index contributed by atoms with van der Waals surface area (Å²) in [6.07, 6.45) is 14.6. The van der Waals surface area contributed by atoms with Crippen LogP contribution in [0.5, 0.6) is 0 Å². The first-order chi connectivity index (χ1) is 7.85. The van der Waals surface area contributed by atoms with Crippen molar-refractivity contribution in [3.05, 3.63) is 12.2 Å². The molecule has 0 radical (unpaired) electrons. The molecule has 0 aromatic carbocycles. The van der Waals surface area contributed by atoms with Crippen molar-refractivity contribution in [2.24, 2.45) is 5.92 Å². The molecule has 0 amide bonds. The Morgan fingerprint density at radius 3 is 2.31 bits per heavy atom. The van der Waals surface area contributed by atoms with E-state index in [0.29, 0.717) is 6.42 Å². The van der Waals surface area contributed by atoms with Crippen molar-refractivity contribution in [2.45, 2.75) is 58.3 Å². The topological polar surface area (TPSA) is 34.1 Å². The monoisotopic (exact) mass is 224 g/mol. The summed E-state index contributed by atoms with van der Waals surface area (Å²) in [4.78, 5) is 20.7. The van der Waals surface area contributed by atoms with Crippen LogP contribution in [0.25, 0.3) is 0 Å². The zero-order chi connectivity index (χ0) is 12.1. The number of aldehydes is 2. The molecule has 0 heterocycles. The van der Waals surface area contributed by atoms with Crippen molar-refractivity contribution >= 4 is 12.6 Å². The number of allylic oxidation sites excluding steroid dienone is 2. The Balaban J connectivity index is 3.38. The van der Waals surface area contributed by atoms with E-state index in [1.807, 2.05) is 12.2 Å². The highest BCUT2D eigenvalue weighted by Crippen LogP contribution is 2.08. The summed E-state index contributed by atoms with van der Waals surface area (Å²) >= 11 is 0. The molecule has 0 aliphatic carbocycles. The fourth-order valence-electron chi connectivity index (χ4n) is 1.60. The summed E-state index contributed by atoms with van der Waals surface area (Å²) in [5.74, 6) is -0.211. The van der Waals surface area contributed by atoms with Gasteiger partial charge in [-0.25, -0.2) is 0 Å². The maximum absolute atomic E-state index is 10.5. The average Bonchev–Trinajstić information content (AvgIpc) is 2.31. The van der Waals surface area contributed by atoms with Crippen molar-refractivity contribution in [1.29, 1.82) is 0 Å². The molecule has 1 atom stereocenters. The predicted molar refractivity (Wildman–Crippen MR) is 67.4 cm³/mol. The molecule has 0 rings (SSSR count). The van der Waals surface area contributed by atoms with Gasteiger partial charge < -0.3 is 9.59 Å². The van der Waals surface area contributed by atoms with Crippen LogP contribution in [0.1, 0.15) is 58.3 Å². The second-order valence-electron chi connectivity index (χ2n) is 4.19. The Morgan fingerprint density at radius 2 is 1.69 bits per heavy atom. The molecule has 0 saturated heterocycles. The van der Waals surface area contributed by atoms with Gasteiger partial charge in [0, 0.05) is 12.3 Å². The Labute approximate surface area is 99.1 Å². The number of unbranched alkanes of at least 4 members (excludes halogenated alkanes) is 6. The predicted octanol–water partition coefficient (Wildman–Crippen LogP) is 3.70. The van der Waals surface area contributed by atoms with Crippen LogP contribution in [0, 0.1) is 5.92 Å². The Bertz CT molecular complexity index is 197. The fourth-order valence-corrected chi connectivity index (χ4v) is 1.60. The Hall–Kier alpha value is -0.920. The van der Waals surface area contributed by atoms with Gasteiger partial charge in [-0.2, -0.15) is 0 Å². The minimum Gasteiger partial charge on any atom is -0.303 e. The van der Waals surface area contributed by atoms with Crippen molar-refractivity contribution in [1.82, 2.24) is 0 Å². The largest absolute Gasteiger partial charge is 0.303 e. The van der Waals surface area contributed by atoms with E-state index < -0.39 is 0 Å². The van der Waals surface area contributed by atoms with Crippen molar-refractivity contribution in [2.75, 3.05) is 0 Å². The molecule has 0 spiro atoms. The van der Waals surface area contributed by atoms with E-state index in [9.17, 15) is 9.59 Å². The van der Waals surface area contributed by atoms with Crippen LogP contribution >= 0.6 is 0 Å². The molecule has 92 valence electrons. The minimum atomic E-state index is -0.211. The second kappa shape index (κ2) is 12.2. The van der Waals surface area contributed by atoms with Crippen LogP contribution in [0.2, 0.25) is 0 Å². The molecule has 0 aliphatic heterocycles. The average molecular weight is 224 g/mol. The van der Waals surface area contributed by atoms with Gasteiger partial charge in [0.15, 0.2) is 0 Å². The van der Waals surface area contributed by atoms with E-state index >= 15 is 0 Å². The molecule has 0 fully saturated rings. The Morgan fingerprint density at radius 1 is 1.00 bits per heavy atom. The zero-order valence-electron chi connectivity index (χ0n) is 10.4. The summed E-state index contributed by atoms with van der Waals surface area (Å²) < 4.78 is 0. The highest BCUT2D eigenvalue weighted by Gasteiger charge is 1.99. The molecule has 0 aromatic heterocycles. The van der Waals surface area contributed by atoms with E-state index in [0.717, 1.165) is 19.0 Å². The first-order valence-electron chi connectivity index (χ1n) is 6.40. The molecule has 0 aromatic rings. The van der Waals surface area contributed by atoms with Crippen molar-refractivity contribution in [3.8, 4) is 0 Å². The van der Waals surface area contributed by atoms with E-state index in [-0.39, 0.29) is 5.92 Å². The van der Waals surface area contributed by atoms with Gasteiger partial charge in [-0.05, 0) is 12.8 Å². The first-order valence-corrected chi connectivity index (χ1v) is 6.40. The second-order valence-corrected chi connectivity index (χ2v) is 4.19. The van der Waals surface area contributed by atoms with Gasteiger partial charge in [-0.15, -0.1) is 0 Å². The number of rotatable bonds is 11. The van der Waals surface area contributed by atoms with Gasteiger partial charge in [0.1, 0.15) is 12.6 Å². The van der Waals surface area contributed by atoms with Crippen LogP contribution in [-0.4, -0.2) is 12.6 Å². The molecule has 2 heteroatoms. The van der Waals surface area contributed by atoms with Crippen LogP contribution in [0.4, 0.5) is 0 Å². The standard InChI is InChI=1S/C14H24O2/c1-2-3-4-5-6-7-8-9-10-14(13-16)11-12-15/h9-10,12-14H,2-8,11H2,1H3. The number of carbonyl (C=O) groups excluding carboxylic acids is 2. The van der Waals surface area contributed by atoms with Gasteiger partial charge in [0.05, 0.1) is 0 Å². The molecule has 0 bridgehead atoms. The summed E-state index contributed by atoms with van der Waals surface area (Å²) in [5.41, 5.74) is 0. The molecule has 16 heavy (non-hydrogen) atoms. The van der Waals surface area contributed by atoms with Crippen molar-refractivity contribution < 1.29 is 9.59 Å². The lowest BCUT2D eigenvalue weighted by Crippen LogP contribution is -1.97. The van der Waals surface area contributed by atoms with Crippen LogP contribution in [-0.2, 0) is 9.59 Å². The zero-order valence-corrected chi connectivity index (χ0v) is 10.4. The van der Waals surface area contributed by atoms with Gasteiger partial charge in [-0.3, -0.25) is 0 Å². The van der Waals surface area contributed by atoms with Crippen LogP contribution < -0.4 is 0 Å². The molecular weight excluding hydrogens is 200 g/mol. The highest BCUT2D eigenvalue weighted by molar-refractivity contribution is 5.64. The van der Waals surface area contributed by atoms with E-state index in [2.05, 4.69) is 6.92 Å². The molecule has 0 saturated carbocycles. The third kappa shape index (κ3) is 9.63. The number of hydrogen-bond donors (Lipinski definition) is 0. The highest BCUT2D eigenvalue weighted by atomic mass is 16.1. The fraction of sp³-hybridized carbons (Fsp3) is 0.714. The number of carbonyl (C=O) groups is 2. The molecule has 2 nitrogen and oxygen atoms in total. The van der Waals surface area contributed by atoms with Crippen molar-refractivity contribution in [3.63, 3.8) is 0 Å². The SMILES string of the molecule is CCCCCCCCC=CC(C=O)CC=O. The lowest BCUT2D eigenvalue weighted by molar-refractivity contribution is -0.114. The first kappa shape index (κ1) is 15.1. The van der Waals surface area contributed by atoms with E-state index in [1.165, 1.54) is 38.5 Å². The molecule has 1 unspecified atom stereocenters. The lowest BCUT2D eigenvalue weighted by Gasteiger charge is -1.99. The molecule has 0 aliphatic rings. The summed E-state index contributed by atoms with van der Waals surface area (Å²) in [6.45, 7) is 2.22. The van der Waals surface area contributed by atoms with Gasteiger partial charge >= 0.3 is 0 Å². The lowest BCUT2D eigenvalue weighted by atomic mass is 10.1. The Kier molecular flexibility index (Phi) is 11.5. The molecular formula is C14H24O2. The summed E-state index contributed by atoms with van der Waals surface area (Å²) in [6, 6.07) is 0.